The zero-order chi connectivity index (χ0) is 16.6. The van der Waals surface area contributed by atoms with Crippen LogP contribution >= 0.6 is 0 Å². The lowest BCUT2D eigenvalue weighted by Crippen LogP contribution is -2.55. The van der Waals surface area contributed by atoms with Crippen molar-refractivity contribution in [3.63, 3.8) is 0 Å². The van der Waals surface area contributed by atoms with Gasteiger partial charge in [0.25, 0.3) is 11.8 Å². The molecule has 0 bridgehead atoms. The average molecular weight is 327 g/mol. The molecule has 0 aromatic carbocycles. The Balaban J connectivity index is 1.64. The van der Waals surface area contributed by atoms with Crippen molar-refractivity contribution in [1.29, 1.82) is 0 Å². The van der Waals surface area contributed by atoms with E-state index in [0.29, 0.717) is 25.2 Å². The van der Waals surface area contributed by atoms with Crippen molar-refractivity contribution in [3.8, 4) is 0 Å². The lowest BCUT2D eigenvalue weighted by molar-refractivity contribution is -0.121. The van der Waals surface area contributed by atoms with E-state index in [2.05, 4.69) is 10.4 Å². The Labute approximate surface area is 132 Å². The summed E-state index contributed by atoms with van der Waals surface area (Å²) in [5, 5.41) is 6.78. The Morgan fingerprint density at radius 1 is 1.43 bits per heavy atom. The number of carbonyl (C=O) groups excluding carboxylic acids is 2. The fraction of sp³-hybridized carbons (Fsp3) is 0.643. The summed E-state index contributed by atoms with van der Waals surface area (Å²) in [5.74, 6) is -2.56. The third-order valence-electron chi connectivity index (χ3n) is 4.17. The Morgan fingerprint density at radius 3 is 2.83 bits per heavy atom. The fourth-order valence-electron chi connectivity index (χ4n) is 2.93. The molecule has 0 saturated carbocycles. The van der Waals surface area contributed by atoms with Gasteiger partial charge in [-0.1, -0.05) is 0 Å². The Hall–Kier alpha value is -2.19. The molecular weight excluding hydrogens is 308 g/mol. The first-order valence-electron chi connectivity index (χ1n) is 7.60. The molecular formula is C14H19F2N5O2. The minimum Gasteiger partial charge on any atom is -0.326 e. The number of carbonyl (C=O) groups is 2. The second-order valence-corrected chi connectivity index (χ2v) is 6.01. The van der Waals surface area contributed by atoms with Crippen LogP contribution in [0.3, 0.4) is 0 Å². The van der Waals surface area contributed by atoms with Gasteiger partial charge in [-0.15, -0.1) is 0 Å². The third kappa shape index (κ3) is 3.27. The molecule has 9 heteroatoms. The predicted octanol–water partition coefficient (Wildman–Crippen LogP) is 0.966. The van der Waals surface area contributed by atoms with Gasteiger partial charge in [0, 0.05) is 38.8 Å². The number of amides is 3. The van der Waals surface area contributed by atoms with Gasteiger partial charge in [-0.25, -0.2) is 13.6 Å². The molecule has 2 saturated heterocycles. The molecule has 1 N–H and O–H groups in total. The van der Waals surface area contributed by atoms with Crippen LogP contribution in [0.15, 0.2) is 12.3 Å². The van der Waals surface area contributed by atoms with Gasteiger partial charge in [0.15, 0.2) is 5.82 Å². The highest BCUT2D eigenvalue weighted by molar-refractivity contribution is 5.99. The van der Waals surface area contributed by atoms with Crippen LogP contribution in [-0.2, 0) is 11.8 Å². The Kier molecular flexibility index (Phi) is 3.95. The monoisotopic (exact) mass is 327 g/mol. The zero-order valence-corrected chi connectivity index (χ0v) is 12.8. The minimum absolute atomic E-state index is 0.00367. The van der Waals surface area contributed by atoms with Crippen molar-refractivity contribution in [3.05, 3.63) is 12.3 Å². The van der Waals surface area contributed by atoms with Gasteiger partial charge in [-0.05, 0) is 12.8 Å². The van der Waals surface area contributed by atoms with E-state index in [1.165, 1.54) is 4.90 Å². The van der Waals surface area contributed by atoms with Crippen molar-refractivity contribution < 1.29 is 18.4 Å². The van der Waals surface area contributed by atoms with Crippen LogP contribution in [0.2, 0.25) is 0 Å². The second-order valence-electron chi connectivity index (χ2n) is 6.01. The summed E-state index contributed by atoms with van der Waals surface area (Å²) in [6.07, 6.45) is 2.61. The van der Waals surface area contributed by atoms with E-state index in [9.17, 15) is 18.4 Å². The van der Waals surface area contributed by atoms with Crippen LogP contribution in [0.5, 0.6) is 0 Å². The molecule has 0 aliphatic carbocycles. The number of nitrogens with one attached hydrogen (secondary N) is 1. The van der Waals surface area contributed by atoms with Gasteiger partial charge in [0.05, 0.1) is 6.54 Å². The summed E-state index contributed by atoms with van der Waals surface area (Å²) < 4.78 is 28.0. The topological polar surface area (TPSA) is 70.5 Å². The van der Waals surface area contributed by atoms with E-state index in [1.54, 1.807) is 24.0 Å². The zero-order valence-electron chi connectivity index (χ0n) is 12.8. The van der Waals surface area contributed by atoms with E-state index in [1.807, 2.05) is 0 Å². The van der Waals surface area contributed by atoms with Crippen molar-refractivity contribution >= 4 is 17.8 Å². The summed E-state index contributed by atoms with van der Waals surface area (Å²) >= 11 is 0. The number of urea groups is 1. The summed E-state index contributed by atoms with van der Waals surface area (Å²) in [4.78, 5) is 27.2. The summed E-state index contributed by atoms with van der Waals surface area (Å²) in [5.41, 5.74) is 0. The van der Waals surface area contributed by atoms with E-state index in [0.717, 1.165) is 4.90 Å². The summed E-state index contributed by atoms with van der Waals surface area (Å²) in [7, 11) is 1.75. The Bertz CT molecular complexity index is 618. The van der Waals surface area contributed by atoms with Gasteiger partial charge in [-0.2, -0.15) is 5.10 Å². The molecule has 1 unspecified atom stereocenters. The molecule has 3 heterocycles. The van der Waals surface area contributed by atoms with Crippen molar-refractivity contribution in [2.24, 2.45) is 7.05 Å². The van der Waals surface area contributed by atoms with Gasteiger partial charge < -0.3 is 10.2 Å². The van der Waals surface area contributed by atoms with Crippen LogP contribution in [0.25, 0.3) is 0 Å². The van der Waals surface area contributed by atoms with Crippen LogP contribution in [-0.4, -0.2) is 58.2 Å². The maximum absolute atomic E-state index is 13.2. The standard InChI is InChI=1S/C14H19F2N5O2/c1-19-7-4-11(18-19)21-6-2-3-10(12(21)22)17-13(23)20-8-5-14(15,16)9-20/h4,7,10H,2-3,5-6,8-9H2,1H3,(H,17,23). The molecule has 23 heavy (non-hydrogen) atoms. The number of likely N-dealkylation sites (tertiary alicyclic amines) is 1. The van der Waals surface area contributed by atoms with Crippen LogP contribution in [0.1, 0.15) is 19.3 Å². The van der Waals surface area contributed by atoms with Crippen LogP contribution in [0, 0.1) is 0 Å². The third-order valence-corrected chi connectivity index (χ3v) is 4.17. The number of halogens is 2. The molecule has 3 amide bonds. The lowest BCUT2D eigenvalue weighted by atomic mass is 10.1. The molecule has 1 aromatic rings. The first-order valence-corrected chi connectivity index (χ1v) is 7.60. The quantitative estimate of drug-likeness (QED) is 0.880. The molecule has 1 aromatic heterocycles. The largest absolute Gasteiger partial charge is 0.326 e. The molecule has 126 valence electrons. The number of hydrogen-bond donors (Lipinski definition) is 1. The Morgan fingerprint density at radius 2 is 2.22 bits per heavy atom. The second kappa shape index (κ2) is 5.78. The van der Waals surface area contributed by atoms with Crippen LogP contribution < -0.4 is 10.2 Å². The van der Waals surface area contributed by atoms with E-state index >= 15 is 0 Å². The number of rotatable bonds is 2. The normalized spacial score (nSPS) is 24.1. The SMILES string of the molecule is Cn1ccc(N2CCCC(NC(=O)N3CCC(F)(F)C3)C2=O)n1. The number of anilines is 1. The number of hydrogen-bond acceptors (Lipinski definition) is 3. The maximum Gasteiger partial charge on any atom is 0.318 e. The summed E-state index contributed by atoms with van der Waals surface area (Å²) in [6.45, 7) is -0.0581. The molecule has 3 rings (SSSR count). The number of nitrogens with zero attached hydrogens (tertiary/aromatic N) is 4. The fourth-order valence-corrected chi connectivity index (χ4v) is 2.93. The first-order chi connectivity index (χ1) is 10.9. The molecule has 2 aliphatic rings. The molecule has 0 spiro atoms. The van der Waals surface area contributed by atoms with E-state index in [-0.39, 0.29) is 18.9 Å². The number of aromatic nitrogens is 2. The molecule has 2 fully saturated rings. The summed E-state index contributed by atoms with van der Waals surface area (Å²) in [6, 6.07) is 0.416. The molecule has 7 nitrogen and oxygen atoms in total. The number of aryl methyl sites for hydroxylation is 1. The van der Waals surface area contributed by atoms with E-state index < -0.39 is 24.5 Å². The highest BCUT2D eigenvalue weighted by Gasteiger charge is 2.41. The number of piperidine rings is 1. The van der Waals surface area contributed by atoms with Gasteiger partial charge in [0.1, 0.15) is 6.04 Å². The molecule has 0 radical (unpaired) electrons. The van der Waals surface area contributed by atoms with Crippen molar-refractivity contribution in [2.45, 2.75) is 31.2 Å². The highest BCUT2D eigenvalue weighted by Crippen LogP contribution is 2.27. The predicted molar refractivity (Wildman–Crippen MR) is 78.3 cm³/mol. The lowest BCUT2D eigenvalue weighted by Gasteiger charge is -2.32. The average Bonchev–Trinajstić information content (AvgIpc) is 3.07. The van der Waals surface area contributed by atoms with Gasteiger partial charge in [-0.3, -0.25) is 14.4 Å². The maximum atomic E-state index is 13.2. The first kappa shape index (κ1) is 15.7. The smallest absolute Gasteiger partial charge is 0.318 e. The molecule has 2 aliphatic heterocycles. The van der Waals surface area contributed by atoms with Crippen LogP contribution in [0.4, 0.5) is 19.4 Å². The van der Waals surface area contributed by atoms with Crippen molar-refractivity contribution in [1.82, 2.24) is 20.0 Å². The van der Waals surface area contributed by atoms with Crippen molar-refractivity contribution in [2.75, 3.05) is 24.5 Å². The van der Waals surface area contributed by atoms with Gasteiger partial charge in [0.2, 0.25) is 0 Å². The number of alkyl halides is 2. The molecule has 1 atom stereocenters. The van der Waals surface area contributed by atoms with Gasteiger partial charge >= 0.3 is 6.03 Å². The highest BCUT2D eigenvalue weighted by atomic mass is 19.3. The van der Waals surface area contributed by atoms with E-state index in [4.69, 9.17) is 0 Å². The minimum atomic E-state index is -2.84.